The lowest BCUT2D eigenvalue weighted by Gasteiger charge is -2.11. The van der Waals surface area contributed by atoms with Crippen LogP contribution in [0.15, 0.2) is 82.1 Å². The molecule has 154 valence electrons. The molecule has 0 spiro atoms. The monoisotopic (exact) mass is 412 g/mol. The predicted molar refractivity (Wildman–Crippen MR) is 118 cm³/mol. The van der Waals surface area contributed by atoms with Crippen LogP contribution >= 0.6 is 0 Å². The second-order valence-electron chi connectivity index (χ2n) is 7.09. The van der Waals surface area contributed by atoms with E-state index in [0.29, 0.717) is 25.0 Å². The van der Waals surface area contributed by atoms with Crippen molar-refractivity contribution in [3.05, 3.63) is 88.9 Å². The molecule has 0 bridgehead atoms. The van der Waals surface area contributed by atoms with Crippen LogP contribution in [-0.2, 0) is 6.54 Å². The summed E-state index contributed by atoms with van der Waals surface area (Å²) in [6.07, 6.45) is 0. The van der Waals surface area contributed by atoms with Crippen molar-refractivity contribution in [3.63, 3.8) is 0 Å². The summed E-state index contributed by atoms with van der Waals surface area (Å²) in [5.41, 5.74) is 5.86. The van der Waals surface area contributed by atoms with Gasteiger partial charge in [-0.15, -0.1) is 0 Å². The SMILES string of the molecule is CCOc1nc2ccccc2n1Cc1ccc(-c2ccccc2-c2noc(=O)[nH]2)cc1. The molecule has 0 aliphatic carbocycles. The number of nitrogens with zero attached hydrogens (tertiary/aromatic N) is 3. The normalized spacial score (nSPS) is 11.1. The molecule has 0 atom stereocenters. The fourth-order valence-corrected chi connectivity index (χ4v) is 3.71. The Morgan fingerprint density at radius 3 is 2.45 bits per heavy atom. The van der Waals surface area contributed by atoms with E-state index < -0.39 is 5.76 Å². The lowest BCUT2D eigenvalue weighted by molar-refractivity contribution is 0.301. The predicted octanol–water partition coefficient (Wildman–Crippen LogP) is 4.49. The van der Waals surface area contributed by atoms with E-state index in [1.54, 1.807) is 0 Å². The van der Waals surface area contributed by atoms with Gasteiger partial charge in [0.15, 0.2) is 5.82 Å². The Hall–Kier alpha value is -4.13. The lowest BCUT2D eigenvalue weighted by atomic mass is 9.98. The van der Waals surface area contributed by atoms with Gasteiger partial charge in [-0.3, -0.25) is 14.1 Å². The number of nitrogens with one attached hydrogen (secondary N) is 1. The third-order valence-electron chi connectivity index (χ3n) is 5.12. The number of hydrogen-bond donors (Lipinski definition) is 1. The van der Waals surface area contributed by atoms with Crippen molar-refractivity contribution in [2.24, 2.45) is 0 Å². The Balaban J connectivity index is 1.48. The van der Waals surface area contributed by atoms with E-state index >= 15 is 0 Å². The van der Waals surface area contributed by atoms with E-state index in [9.17, 15) is 4.79 Å². The molecular weight excluding hydrogens is 392 g/mol. The van der Waals surface area contributed by atoms with Crippen LogP contribution in [0.1, 0.15) is 12.5 Å². The Kier molecular flexibility index (Phi) is 4.84. The quantitative estimate of drug-likeness (QED) is 0.444. The van der Waals surface area contributed by atoms with Crippen molar-refractivity contribution < 1.29 is 9.26 Å². The van der Waals surface area contributed by atoms with Crippen LogP contribution in [0, 0.1) is 0 Å². The van der Waals surface area contributed by atoms with Crippen LogP contribution < -0.4 is 10.5 Å². The zero-order valence-corrected chi connectivity index (χ0v) is 16.9. The van der Waals surface area contributed by atoms with Gasteiger partial charge in [-0.05, 0) is 35.7 Å². The molecule has 7 heteroatoms. The molecule has 31 heavy (non-hydrogen) atoms. The van der Waals surface area contributed by atoms with Crippen LogP contribution in [0.3, 0.4) is 0 Å². The molecule has 0 radical (unpaired) electrons. The Bertz CT molecular complexity index is 1400. The summed E-state index contributed by atoms with van der Waals surface area (Å²) in [6.45, 7) is 3.16. The highest BCUT2D eigenvalue weighted by Gasteiger charge is 2.13. The number of imidazole rings is 1. The molecule has 2 heterocycles. The molecule has 0 aliphatic heterocycles. The molecule has 0 amide bonds. The van der Waals surface area contributed by atoms with Crippen molar-refractivity contribution in [3.8, 4) is 28.5 Å². The molecule has 0 saturated heterocycles. The van der Waals surface area contributed by atoms with Crippen LogP contribution in [0.25, 0.3) is 33.5 Å². The Labute approximate surface area is 177 Å². The summed E-state index contributed by atoms with van der Waals surface area (Å²) in [7, 11) is 0. The zero-order chi connectivity index (χ0) is 21.2. The summed E-state index contributed by atoms with van der Waals surface area (Å²) in [6, 6.07) is 24.7. The Morgan fingerprint density at radius 2 is 1.71 bits per heavy atom. The number of rotatable bonds is 6. The minimum absolute atomic E-state index is 0.413. The van der Waals surface area contributed by atoms with E-state index in [0.717, 1.165) is 33.3 Å². The lowest BCUT2D eigenvalue weighted by Crippen LogP contribution is -2.05. The van der Waals surface area contributed by atoms with E-state index in [2.05, 4.69) is 48.5 Å². The highest BCUT2D eigenvalue weighted by molar-refractivity contribution is 5.80. The minimum atomic E-state index is -0.571. The van der Waals surface area contributed by atoms with Crippen molar-refractivity contribution in [1.29, 1.82) is 0 Å². The number of benzene rings is 3. The second kappa shape index (κ2) is 7.95. The maximum atomic E-state index is 11.4. The van der Waals surface area contributed by atoms with Gasteiger partial charge in [0, 0.05) is 5.56 Å². The van der Waals surface area contributed by atoms with Crippen LogP contribution in [-0.4, -0.2) is 26.3 Å². The molecule has 0 aliphatic rings. The van der Waals surface area contributed by atoms with Gasteiger partial charge in [0.1, 0.15) is 0 Å². The smallest absolute Gasteiger partial charge is 0.439 e. The summed E-state index contributed by atoms with van der Waals surface area (Å²) in [5, 5.41) is 3.83. The first-order chi connectivity index (χ1) is 15.2. The summed E-state index contributed by atoms with van der Waals surface area (Å²) in [4.78, 5) is 18.6. The molecule has 7 nitrogen and oxygen atoms in total. The van der Waals surface area contributed by atoms with Crippen LogP contribution in [0.2, 0.25) is 0 Å². The maximum absolute atomic E-state index is 11.4. The summed E-state index contributed by atoms with van der Waals surface area (Å²) < 4.78 is 12.5. The van der Waals surface area contributed by atoms with E-state index in [1.807, 2.05) is 55.5 Å². The highest BCUT2D eigenvalue weighted by atomic mass is 16.5. The van der Waals surface area contributed by atoms with Gasteiger partial charge < -0.3 is 4.74 Å². The molecule has 1 N–H and O–H groups in total. The largest absolute Gasteiger partial charge is 0.465 e. The van der Waals surface area contributed by atoms with Crippen molar-refractivity contribution in [2.75, 3.05) is 6.61 Å². The van der Waals surface area contributed by atoms with Gasteiger partial charge in [-0.1, -0.05) is 65.8 Å². The number of hydrogen-bond acceptors (Lipinski definition) is 5. The average molecular weight is 412 g/mol. The first-order valence-corrected chi connectivity index (χ1v) is 10.1. The van der Waals surface area contributed by atoms with E-state index in [1.165, 1.54) is 0 Å². The molecule has 5 aromatic rings. The first kappa shape index (κ1) is 18.9. The zero-order valence-electron chi connectivity index (χ0n) is 16.9. The number of H-pyrrole nitrogens is 1. The van der Waals surface area contributed by atoms with Gasteiger partial charge in [0.25, 0.3) is 6.01 Å². The van der Waals surface area contributed by atoms with Gasteiger partial charge in [-0.2, -0.15) is 4.98 Å². The van der Waals surface area contributed by atoms with Gasteiger partial charge in [0.2, 0.25) is 0 Å². The van der Waals surface area contributed by atoms with Gasteiger partial charge in [-0.25, -0.2) is 4.79 Å². The van der Waals surface area contributed by atoms with Crippen molar-refractivity contribution in [1.82, 2.24) is 19.7 Å². The fourth-order valence-electron chi connectivity index (χ4n) is 3.71. The molecule has 0 fully saturated rings. The number of aromatic amines is 1. The number of fused-ring (bicyclic) bond motifs is 1. The number of aromatic nitrogens is 4. The fraction of sp³-hybridized carbons (Fsp3) is 0.125. The first-order valence-electron chi connectivity index (χ1n) is 10.1. The highest BCUT2D eigenvalue weighted by Crippen LogP contribution is 2.30. The van der Waals surface area contributed by atoms with Crippen LogP contribution in [0.5, 0.6) is 6.01 Å². The molecule has 0 saturated carbocycles. The van der Waals surface area contributed by atoms with E-state index in [-0.39, 0.29) is 0 Å². The molecular formula is C24H20N4O3. The topological polar surface area (TPSA) is 85.9 Å². The minimum Gasteiger partial charge on any atom is -0.465 e. The van der Waals surface area contributed by atoms with Crippen LogP contribution in [0.4, 0.5) is 0 Å². The molecule has 5 rings (SSSR count). The Morgan fingerprint density at radius 1 is 0.968 bits per heavy atom. The summed E-state index contributed by atoms with van der Waals surface area (Å²) in [5.74, 6) is -0.159. The second-order valence-corrected chi connectivity index (χ2v) is 7.09. The van der Waals surface area contributed by atoms with Crippen molar-refractivity contribution >= 4 is 11.0 Å². The maximum Gasteiger partial charge on any atom is 0.439 e. The molecule has 0 unspecified atom stereocenters. The average Bonchev–Trinajstić information content (AvgIpc) is 3.38. The third kappa shape index (κ3) is 3.61. The third-order valence-corrected chi connectivity index (χ3v) is 5.12. The standard InChI is InChI=1S/C24H20N4O3/c1-2-30-23-25-20-9-5-6-10-21(20)28(23)15-16-11-13-17(14-12-16)18-7-3-4-8-19(18)22-26-24(29)31-27-22/h3-14H,2,15H2,1H3,(H,26,27,29). The molecule has 2 aromatic heterocycles. The number of ether oxygens (including phenoxy) is 1. The number of para-hydroxylation sites is 2. The molecule has 3 aromatic carbocycles. The van der Waals surface area contributed by atoms with Gasteiger partial charge >= 0.3 is 5.76 Å². The van der Waals surface area contributed by atoms with E-state index in [4.69, 9.17) is 4.74 Å². The van der Waals surface area contributed by atoms with Gasteiger partial charge in [0.05, 0.1) is 24.2 Å². The van der Waals surface area contributed by atoms with Crippen molar-refractivity contribution in [2.45, 2.75) is 13.5 Å². The summed E-state index contributed by atoms with van der Waals surface area (Å²) >= 11 is 0.